The highest BCUT2D eigenvalue weighted by Crippen LogP contribution is 2.33. The minimum Gasteiger partial charge on any atom is -0.452 e. The van der Waals surface area contributed by atoms with Crippen LogP contribution in [0.25, 0.3) is 10.2 Å². The van der Waals surface area contributed by atoms with Gasteiger partial charge in [0.1, 0.15) is 0 Å². The minimum absolute atomic E-state index is 0.161. The first-order valence-corrected chi connectivity index (χ1v) is 10.5. The van der Waals surface area contributed by atoms with E-state index in [1.807, 2.05) is 24.3 Å². The van der Waals surface area contributed by atoms with Crippen LogP contribution in [0, 0.1) is 0 Å². The van der Waals surface area contributed by atoms with Crippen LogP contribution in [-0.4, -0.2) is 48.5 Å². The number of aromatic nitrogens is 1. The maximum atomic E-state index is 12.7. The third kappa shape index (κ3) is 4.24. The zero-order chi connectivity index (χ0) is 20.2. The van der Waals surface area contributed by atoms with E-state index in [0.29, 0.717) is 24.3 Å². The molecule has 1 N–H and O–H groups in total. The van der Waals surface area contributed by atoms with E-state index >= 15 is 0 Å². The normalized spacial score (nSPS) is 16.6. The van der Waals surface area contributed by atoms with Crippen molar-refractivity contribution in [2.75, 3.05) is 32.1 Å². The fraction of sp³-hybridized carbons (Fsp3) is 0.318. The highest BCUT2D eigenvalue weighted by molar-refractivity contribution is 7.18. The average molecular weight is 410 g/mol. The molecule has 2 heterocycles. The molecule has 1 fully saturated rings. The zero-order valence-electron chi connectivity index (χ0n) is 16.3. The monoisotopic (exact) mass is 409 g/mol. The zero-order valence-corrected chi connectivity index (χ0v) is 17.1. The van der Waals surface area contributed by atoms with Gasteiger partial charge in [0.2, 0.25) is 0 Å². The molecule has 0 unspecified atom stereocenters. The van der Waals surface area contributed by atoms with Gasteiger partial charge in [-0.1, -0.05) is 24.3 Å². The Balaban J connectivity index is 1.38. The van der Waals surface area contributed by atoms with Crippen LogP contribution in [0.1, 0.15) is 34.1 Å². The standard InChI is InChI=1S/C22H23N3O3S/c1-23-17-9-3-2-8-16(17)22(27)28-14-20(26)25-12-6-7-15(13-25)21-24-18-10-4-5-11-19(18)29-21/h2-5,8-11,15,23H,6-7,12-14H2,1H3/t15-/m0/s1. The van der Waals surface area contributed by atoms with Gasteiger partial charge in [-0.3, -0.25) is 4.79 Å². The van der Waals surface area contributed by atoms with Gasteiger partial charge in [-0.2, -0.15) is 0 Å². The predicted octanol–water partition coefficient (Wildman–Crippen LogP) is 3.90. The summed E-state index contributed by atoms with van der Waals surface area (Å²) < 4.78 is 6.46. The molecule has 1 aliphatic heterocycles. The van der Waals surface area contributed by atoms with E-state index in [0.717, 1.165) is 23.4 Å². The number of para-hydroxylation sites is 2. The predicted molar refractivity (Wildman–Crippen MR) is 114 cm³/mol. The van der Waals surface area contributed by atoms with Crippen molar-refractivity contribution in [1.29, 1.82) is 0 Å². The molecular weight excluding hydrogens is 386 g/mol. The van der Waals surface area contributed by atoms with Crippen LogP contribution in [0.15, 0.2) is 48.5 Å². The van der Waals surface area contributed by atoms with E-state index in [2.05, 4.69) is 11.4 Å². The number of hydrogen-bond acceptors (Lipinski definition) is 6. The third-order valence-electron chi connectivity index (χ3n) is 5.18. The van der Waals surface area contributed by atoms with Crippen molar-refractivity contribution in [3.05, 3.63) is 59.1 Å². The van der Waals surface area contributed by atoms with E-state index in [9.17, 15) is 9.59 Å². The van der Waals surface area contributed by atoms with Crippen molar-refractivity contribution in [2.45, 2.75) is 18.8 Å². The summed E-state index contributed by atoms with van der Waals surface area (Å²) in [7, 11) is 1.74. The van der Waals surface area contributed by atoms with Gasteiger partial charge in [0.15, 0.2) is 6.61 Å². The van der Waals surface area contributed by atoms with Crippen LogP contribution in [0.4, 0.5) is 5.69 Å². The lowest BCUT2D eigenvalue weighted by Crippen LogP contribution is -2.41. The Labute approximate surface area is 173 Å². The second-order valence-corrected chi connectivity index (χ2v) is 8.13. The van der Waals surface area contributed by atoms with E-state index < -0.39 is 5.97 Å². The number of nitrogens with one attached hydrogen (secondary N) is 1. The van der Waals surface area contributed by atoms with E-state index in [4.69, 9.17) is 9.72 Å². The molecule has 1 saturated heterocycles. The fourth-order valence-corrected chi connectivity index (χ4v) is 4.74. The van der Waals surface area contributed by atoms with Gasteiger partial charge in [0, 0.05) is 31.7 Å². The number of nitrogens with zero attached hydrogens (tertiary/aromatic N) is 2. The van der Waals surface area contributed by atoms with Crippen molar-refractivity contribution in [3.8, 4) is 0 Å². The van der Waals surface area contributed by atoms with Gasteiger partial charge >= 0.3 is 5.97 Å². The number of anilines is 1. The molecular formula is C22H23N3O3S. The number of piperidine rings is 1. The molecule has 0 bridgehead atoms. The summed E-state index contributed by atoms with van der Waals surface area (Å²) >= 11 is 1.70. The number of amides is 1. The first-order valence-electron chi connectivity index (χ1n) is 9.73. The molecule has 0 saturated carbocycles. The first kappa shape index (κ1) is 19.4. The number of likely N-dealkylation sites (tertiary alicyclic amines) is 1. The van der Waals surface area contributed by atoms with Gasteiger partial charge in [-0.15, -0.1) is 11.3 Å². The van der Waals surface area contributed by atoms with Gasteiger partial charge in [-0.05, 0) is 37.1 Å². The first-order chi connectivity index (χ1) is 14.2. The highest BCUT2D eigenvalue weighted by Gasteiger charge is 2.27. The van der Waals surface area contributed by atoms with Crippen molar-refractivity contribution in [3.63, 3.8) is 0 Å². The molecule has 3 aromatic rings. The number of esters is 1. The molecule has 7 heteroatoms. The van der Waals surface area contributed by atoms with Crippen molar-refractivity contribution in [2.24, 2.45) is 0 Å². The summed E-state index contributed by atoms with van der Waals surface area (Å²) in [6.45, 7) is 1.05. The molecule has 1 aliphatic rings. The van der Waals surface area contributed by atoms with Crippen LogP contribution in [0.5, 0.6) is 0 Å². The largest absolute Gasteiger partial charge is 0.452 e. The Kier molecular flexibility index (Phi) is 5.76. The molecule has 1 amide bonds. The van der Waals surface area contributed by atoms with Crippen molar-refractivity contribution < 1.29 is 14.3 Å². The molecule has 150 valence electrons. The number of thiazole rings is 1. The van der Waals surface area contributed by atoms with Gasteiger partial charge in [0.25, 0.3) is 5.91 Å². The topological polar surface area (TPSA) is 71.5 Å². The Bertz CT molecular complexity index is 1000. The number of hydrogen-bond donors (Lipinski definition) is 1. The Morgan fingerprint density at radius 1 is 1.21 bits per heavy atom. The smallest absolute Gasteiger partial charge is 0.340 e. The summed E-state index contributed by atoms with van der Waals surface area (Å²) in [4.78, 5) is 31.5. The molecule has 1 aromatic heterocycles. The summed E-state index contributed by atoms with van der Waals surface area (Å²) in [6, 6.07) is 15.2. The van der Waals surface area contributed by atoms with E-state index in [-0.39, 0.29) is 18.4 Å². The number of carbonyl (C=O) groups is 2. The quantitative estimate of drug-likeness (QED) is 0.647. The summed E-state index contributed by atoms with van der Waals surface area (Å²) in [6.07, 6.45) is 1.93. The molecule has 2 aromatic carbocycles. The van der Waals surface area contributed by atoms with Crippen LogP contribution in [-0.2, 0) is 9.53 Å². The van der Waals surface area contributed by atoms with E-state index in [1.54, 1.807) is 41.5 Å². The Morgan fingerprint density at radius 2 is 2.00 bits per heavy atom. The van der Waals surface area contributed by atoms with Gasteiger partial charge in [-0.25, -0.2) is 9.78 Å². The maximum Gasteiger partial charge on any atom is 0.340 e. The fourth-order valence-electron chi connectivity index (χ4n) is 3.65. The van der Waals surface area contributed by atoms with Gasteiger partial charge in [0.05, 0.1) is 20.8 Å². The lowest BCUT2D eigenvalue weighted by molar-refractivity contribution is -0.135. The van der Waals surface area contributed by atoms with Gasteiger partial charge < -0.3 is 15.0 Å². The number of benzene rings is 2. The summed E-state index contributed by atoms with van der Waals surface area (Å²) in [5.74, 6) is -0.431. The molecule has 0 spiro atoms. The molecule has 6 nitrogen and oxygen atoms in total. The molecule has 0 radical (unpaired) electrons. The lowest BCUT2D eigenvalue weighted by Gasteiger charge is -2.31. The molecule has 1 atom stereocenters. The summed E-state index contributed by atoms with van der Waals surface area (Å²) in [5, 5.41) is 4.03. The Hall–Kier alpha value is -2.93. The van der Waals surface area contributed by atoms with Crippen LogP contribution in [0.2, 0.25) is 0 Å². The van der Waals surface area contributed by atoms with Crippen LogP contribution >= 0.6 is 11.3 Å². The highest BCUT2D eigenvalue weighted by atomic mass is 32.1. The SMILES string of the molecule is CNc1ccccc1C(=O)OCC(=O)N1CCC[C@H](c2nc3ccccc3s2)C1. The molecule has 29 heavy (non-hydrogen) atoms. The minimum atomic E-state index is -0.497. The second kappa shape index (κ2) is 8.61. The molecule has 4 rings (SSSR count). The number of rotatable bonds is 5. The maximum absolute atomic E-state index is 12.7. The van der Waals surface area contributed by atoms with E-state index in [1.165, 1.54) is 4.70 Å². The second-order valence-electron chi connectivity index (χ2n) is 7.07. The van der Waals surface area contributed by atoms with Crippen LogP contribution < -0.4 is 5.32 Å². The number of fused-ring (bicyclic) bond motifs is 1. The number of carbonyl (C=O) groups excluding carboxylic acids is 2. The number of ether oxygens (including phenoxy) is 1. The van der Waals surface area contributed by atoms with Crippen molar-refractivity contribution >= 4 is 39.1 Å². The van der Waals surface area contributed by atoms with Crippen LogP contribution in [0.3, 0.4) is 0 Å². The lowest BCUT2D eigenvalue weighted by atomic mass is 9.99. The average Bonchev–Trinajstić information content (AvgIpc) is 3.21. The summed E-state index contributed by atoms with van der Waals surface area (Å²) in [5.41, 5.74) is 2.11. The Morgan fingerprint density at radius 3 is 2.83 bits per heavy atom. The third-order valence-corrected chi connectivity index (χ3v) is 6.38. The van der Waals surface area contributed by atoms with Crippen molar-refractivity contribution in [1.82, 2.24) is 9.88 Å². The molecule has 0 aliphatic carbocycles.